The lowest BCUT2D eigenvalue weighted by Gasteiger charge is -2.22. The Morgan fingerprint density at radius 2 is 1.76 bits per heavy atom. The number of nitrogens with zero attached hydrogens (tertiary/aromatic N) is 5. The third kappa shape index (κ3) is 7.41. The summed E-state index contributed by atoms with van der Waals surface area (Å²) in [6.45, 7) is 4.89. The lowest BCUT2D eigenvalue weighted by atomic mass is 10.1. The summed E-state index contributed by atoms with van der Waals surface area (Å²) in [6.07, 6.45) is 6.75. The molecule has 25 heavy (non-hydrogen) atoms. The average Bonchev–Trinajstić information content (AvgIpc) is 3.12. The highest BCUT2D eigenvalue weighted by Crippen LogP contribution is 2.07. The van der Waals surface area contributed by atoms with Gasteiger partial charge in [-0.15, -0.1) is 34.2 Å². The molecular weight excluding hydrogens is 427 g/mol. The number of halogens is 1. The van der Waals surface area contributed by atoms with Crippen LogP contribution in [-0.2, 0) is 19.5 Å². The van der Waals surface area contributed by atoms with Gasteiger partial charge in [0.2, 0.25) is 0 Å². The maximum absolute atomic E-state index is 4.37. The summed E-state index contributed by atoms with van der Waals surface area (Å²) >= 11 is 0. The molecule has 0 bridgehead atoms. The van der Waals surface area contributed by atoms with Gasteiger partial charge in [0.15, 0.2) is 5.96 Å². The number of aliphatic imine (C=N–C) groups is 1. The van der Waals surface area contributed by atoms with Crippen LogP contribution in [0.2, 0.25) is 0 Å². The summed E-state index contributed by atoms with van der Waals surface area (Å²) in [5.74, 6) is 0.930. The minimum Gasteiger partial charge on any atom is -0.356 e. The van der Waals surface area contributed by atoms with Crippen molar-refractivity contribution in [1.82, 2.24) is 25.0 Å². The van der Waals surface area contributed by atoms with Gasteiger partial charge in [-0.3, -0.25) is 4.99 Å². The highest BCUT2D eigenvalue weighted by molar-refractivity contribution is 14.0. The second-order valence-electron chi connectivity index (χ2n) is 5.91. The third-order valence-corrected chi connectivity index (χ3v) is 4.02. The van der Waals surface area contributed by atoms with Crippen LogP contribution in [0.5, 0.6) is 0 Å². The molecule has 0 aliphatic heterocycles. The Morgan fingerprint density at radius 1 is 1.12 bits per heavy atom. The summed E-state index contributed by atoms with van der Waals surface area (Å²) in [4.78, 5) is 6.53. The van der Waals surface area contributed by atoms with Crippen molar-refractivity contribution in [2.24, 2.45) is 4.99 Å². The number of hydrogen-bond donors (Lipinski definition) is 1. The molecule has 7 heteroatoms. The normalized spacial score (nSPS) is 11.1. The van der Waals surface area contributed by atoms with Gasteiger partial charge in [0.1, 0.15) is 12.7 Å². The van der Waals surface area contributed by atoms with E-state index in [0.717, 1.165) is 44.9 Å². The molecule has 0 aliphatic carbocycles. The van der Waals surface area contributed by atoms with Gasteiger partial charge in [0.25, 0.3) is 0 Å². The number of hydrogen-bond acceptors (Lipinski definition) is 3. The van der Waals surface area contributed by atoms with E-state index in [-0.39, 0.29) is 24.0 Å². The first kappa shape index (κ1) is 21.4. The molecule has 0 atom stereocenters. The van der Waals surface area contributed by atoms with Crippen LogP contribution in [0.4, 0.5) is 0 Å². The van der Waals surface area contributed by atoms with Crippen molar-refractivity contribution >= 4 is 29.9 Å². The molecule has 1 N–H and O–H groups in total. The minimum absolute atomic E-state index is 0. The Kier molecular flexibility index (Phi) is 10.1. The number of guanidine groups is 1. The van der Waals surface area contributed by atoms with Crippen LogP contribution < -0.4 is 5.32 Å². The molecule has 0 aliphatic rings. The minimum atomic E-state index is 0. The van der Waals surface area contributed by atoms with Crippen LogP contribution in [0.15, 0.2) is 41.9 Å². The SMILES string of the molecule is CCc1ccc(CN(C)C(=NC)NCCCCn2cnnc2)cc1.I. The zero-order valence-corrected chi connectivity index (χ0v) is 17.7. The number of unbranched alkanes of at least 4 members (excludes halogenated alkanes) is 1. The van der Waals surface area contributed by atoms with Gasteiger partial charge in [0.05, 0.1) is 0 Å². The summed E-state index contributed by atoms with van der Waals surface area (Å²) in [6, 6.07) is 8.79. The Balaban J connectivity index is 0.00000312. The molecule has 0 saturated heterocycles. The first-order valence-corrected chi connectivity index (χ1v) is 8.55. The Hall–Kier alpha value is -1.64. The molecule has 1 aromatic carbocycles. The van der Waals surface area contributed by atoms with Crippen LogP contribution in [0.1, 0.15) is 30.9 Å². The van der Waals surface area contributed by atoms with E-state index in [2.05, 4.69) is 63.6 Å². The predicted octanol–water partition coefficient (Wildman–Crippen LogP) is 2.95. The third-order valence-electron chi connectivity index (χ3n) is 4.02. The Bertz CT molecular complexity index is 609. The molecule has 0 fully saturated rings. The molecular formula is C18H29IN6. The van der Waals surface area contributed by atoms with Crippen LogP contribution >= 0.6 is 24.0 Å². The van der Waals surface area contributed by atoms with Crippen molar-refractivity contribution in [3.63, 3.8) is 0 Å². The molecule has 138 valence electrons. The lowest BCUT2D eigenvalue weighted by Crippen LogP contribution is -2.38. The van der Waals surface area contributed by atoms with E-state index in [4.69, 9.17) is 0 Å². The number of rotatable bonds is 8. The smallest absolute Gasteiger partial charge is 0.193 e. The van der Waals surface area contributed by atoms with E-state index in [9.17, 15) is 0 Å². The second-order valence-corrected chi connectivity index (χ2v) is 5.91. The number of nitrogens with one attached hydrogen (secondary N) is 1. The first-order chi connectivity index (χ1) is 11.7. The van der Waals surface area contributed by atoms with Crippen molar-refractivity contribution < 1.29 is 0 Å². The molecule has 0 amide bonds. The molecule has 1 aromatic heterocycles. The summed E-state index contributed by atoms with van der Waals surface area (Å²) in [5, 5.41) is 11.0. The fraction of sp³-hybridized carbons (Fsp3) is 0.500. The van der Waals surface area contributed by atoms with E-state index in [1.165, 1.54) is 11.1 Å². The standard InChI is InChI=1S/C18H28N6.HI/c1-4-16-7-9-17(10-8-16)13-23(3)18(19-2)20-11-5-6-12-24-14-21-22-15-24;/h7-10,14-15H,4-6,11-13H2,1-3H3,(H,19,20);1H. The van der Waals surface area contributed by atoms with Crippen LogP contribution in [0.3, 0.4) is 0 Å². The van der Waals surface area contributed by atoms with Gasteiger partial charge >= 0.3 is 0 Å². The number of aryl methyl sites for hydroxylation is 2. The molecule has 0 spiro atoms. The topological polar surface area (TPSA) is 58.3 Å². The fourth-order valence-corrected chi connectivity index (χ4v) is 2.57. The zero-order chi connectivity index (χ0) is 17.2. The van der Waals surface area contributed by atoms with E-state index in [1.807, 2.05) is 11.6 Å². The van der Waals surface area contributed by atoms with Crippen molar-refractivity contribution in [3.05, 3.63) is 48.0 Å². The Labute approximate surface area is 167 Å². The monoisotopic (exact) mass is 456 g/mol. The van der Waals surface area contributed by atoms with Gasteiger partial charge in [-0.2, -0.15) is 0 Å². The van der Waals surface area contributed by atoms with E-state index >= 15 is 0 Å². The van der Waals surface area contributed by atoms with Gasteiger partial charge in [-0.1, -0.05) is 31.2 Å². The van der Waals surface area contributed by atoms with Gasteiger partial charge < -0.3 is 14.8 Å². The molecule has 1 heterocycles. The highest BCUT2D eigenvalue weighted by Gasteiger charge is 2.06. The molecule has 0 saturated carbocycles. The van der Waals surface area contributed by atoms with Gasteiger partial charge in [0, 0.05) is 33.7 Å². The van der Waals surface area contributed by atoms with Crippen molar-refractivity contribution in [2.45, 2.75) is 39.3 Å². The molecule has 0 radical (unpaired) electrons. The van der Waals surface area contributed by atoms with Gasteiger partial charge in [-0.25, -0.2) is 0 Å². The number of benzene rings is 1. The maximum Gasteiger partial charge on any atom is 0.193 e. The summed E-state index contributed by atoms with van der Waals surface area (Å²) < 4.78 is 2.00. The fourth-order valence-electron chi connectivity index (χ4n) is 2.57. The quantitative estimate of drug-likeness (QED) is 0.287. The maximum atomic E-state index is 4.37. The molecule has 2 aromatic rings. The summed E-state index contributed by atoms with van der Waals surface area (Å²) in [5.41, 5.74) is 2.67. The predicted molar refractivity (Wildman–Crippen MR) is 113 cm³/mol. The van der Waals surface area contributed by atoms with E-state index in [1.54, 1.807) is 12.7 Å². The first-order valence-electron chi connectivity index (χ1n) is 8.55. The highest BCUT2D eigenvalue weighted by atomic mass is 127. The van der Waals surface area contributed by atoms with Crippen molar-refractivity contribution in [2.75, 3.05) is 20.6 Å². The lowest BCUT2D eigenvalue weighted by molar-refractivity contribution is 0.473. The van der Waals surface area contributed by atoms with E-state index in [0.29, 0.717) is 0 Å². The van der Waals surface area contributed by atoms with Crippen LogP contribution in [0, 0.1) is 0 Å². The van der Waals surface area contributed by atoms with Crippen molar-refractivity contribution in [1.29, 1.82) is 0 Å². The number of aromatic nitrogens is 3. The average molecular weight is 456 g/mol. The molecule has 6 nitrogen and oxygen atoms in total. The van der Waals surface area contributed by atoms with Crippen molar-refractivity contribution in [3.8, 4) is 0 Å². The van der Waals surface area contributed by atoms with Crippen LogP contribution in [-0.4, -0.2) is 46.3 Å². The Morgan fingerprint density at radius 3 is 2.36 bits per heavy atom. The van der Waals surface area contributed by atoms with Crippen LogP contribution in [0.25, 0.3) is 0 Å². The summed E-state index contributed by atoms with van der Waals surface area (Å²) in [7, 11) is 3.90. The van der Waals surface area contributed by atoms with Gasteiger partial charge in [-0.05, 0) is 30.4 Å². The zero-order valence-electron chi connectivity index (χ0n) is 15.4. The largest absolute Gasteiger partial charge is 0.356 e. The molecule has 0 unspecified atom stereocenters. The van der Waals surface area contributed by atoms with E-state index < -0.39 is 0 Å². The molecule has 2 rings (SSSR count). The second kappa shape index (κ2) is 11.8.